The number of ether oxygens (including phenoxy) is 2. The Hall–Kier alpha value is -3.15. The number of piperidine rings is 1. The van der Waals surface area contributed by atoms with Gasteiger partial charge in [0.2, 0.25) is 5.91 Å². The number of nitrogens with zero attached hydrogens (tertiary/aromatic N) is 1. The van der Waals surface area contributed by atoms with Crippen LogP contribution in [0.25, 0.3) is 11.1 Å². The third-order valence-corrected chi connectivity index (χ3v) is 10.1. The standard InChI is InChI=1S/C30H43N3O7S/c1-33(2)18-6-5-7-19-41(37,38)30(16-9-17-31-21-30)29(36)32-24(28(34)35)20-22-12-14-23(15-13-22)27-25(39-3)10-8-11-26(27)40-4/h8,10-15,24,31H,5-7,9,16-21H2,1-4H3,(H,32,36)(H,34,35)/t24-,30?/m0/s1. The molecule has 10 nitrogen and oxygen atoms in total. The minimum atomic E-state index is -3.84. The molecule has 1 amide bonds. The zero-order valence-corrected chi connectivity index (χ0v) is 25.3. The molecule has 3 N–H and O–H groups in total. The van der Waals surface area contributed by atoms with E-state index in [9.17, 15) is 23.1 Å². The number of carbonyl (C=O) groups excluding carboxylic acids is 1. The summed E-state index contributed by atoms with van der Waals surface area (Å²) in [5, 5.41) is 15.6. The van der Waals surface area contributed by atoms with Gasteiger partial charge in [0.05, 0.1) is 25.5 Å². The van der Waals surface area contributed by atoms with Crippen molar-refractivity contribution in [2.75, 3.05) is 53.7 Å². The average molecular weight is 590 g/mol. The van der Waals surface area contributed by atoms with Crippen molar-refractivity contribution in [2.24, 2.45) is 0 Å². The second-order valence-electron chi connectivity index (χ2n) is 10.8. The zero-order chi connectivity index (χ0) is 30.0. The van der Waals surface area contributed by atoms with Crippen molar-refractivity contribution in [3.8, 4) is 22.6 Å². The fourth-order valence-electron chi connectivity index (χ4n) is 5.24. The van der Waals surface area contributed by atoms with Crippen LogP contribution < -0.4 is 20.1 Å². The van der Waals surface area contributed by atoms with Gasteiger partial charge < -0.3 is 30.1 Å². The molecule has 0 spiro atoms. The molecular formula is C30H43N3O7S. The predicted octanol–water partition coefficient (Wildman–Crippen LogP) is 2.75. The molecule has 3 rings (SSSR count). The van der Waals surface area contributed by atoms with E-state index in [4.69, 9.17) is 9.47 Å². The maximum atomic E-state index is 13.6. The van der Waals surface area contributed by atoms with E-state index in [1.165, 1.54) is 0 Å². The first kappa shape index (κ1) is 32.4. The fraction of sp³-hybridized carbons (Fsp3) is 0.533. The minimum absolute atomic E-state index is 0.00148. The molecule has 1 aliphatic heterocycles. The summed E-state index contributed by atoms with van der Waals surface area (Å²) in [7, 11) is 3.24. The summed E-state index contributed by atoms with van der Waals surface area (Å²) >= 11 is 0. The van der Waals surface area contributed by atoms with Crippen LogP contribution in [0.4, 0.5) is 0 Å². The van der Waals surface area contributed by atoms with E-state index in [0.29, 0.717) is 36.4 Å². The molecule has 2 atom stereocenters. The van der Waals surface area contributed by atoms with Crippen molar-refractivity contribution in [3.63, 3.8) is 0 Å². The van der Waals surface area contributed by atoms with E-state index in [2.05, 4.69) is 10.6 Å². The zero-order valence-electron chi connectivity index (χ0n) is 24.4. The van der Waals surface area contributed by atoms with E-state index in [0.717, 1.165) is 30.5 Å². The molecule has 41 heavy (non-hydrogen) atoms. The summed E-state index contributed by atoms with van der Waals surface area (Å²) in [6, 6.07) is 11.4. The molecule has 0 aromatic heterocycles. The van der Waals surface area contributed by atoms with Gasteiger partial charge in [-0.05, 0) is 76.1 Å². The average Bonchev–Trinajstić information content (AvgIpc) is 2.96. The Balaban J connectivity index is 1.76. The van der Waals surface area contributed by atoms with Gasteiger partial charge in [0.25, 0.3) is 0 Å². The molecule has 1 heterocycles. The number of amides is 1. The topological polar surface area (TPSA) is 134 Å². The first-order valence-electron chi connectivity index (χ1n) is 14.0. The summed E-state index contributed by atoms with van der Waals surface area (Å²) in [6.45, 7) is 1.45. The molecule has 1 fully saturated rings. The number of carboxylic acids is 1. The van der Waals surface area contributed by atoms with Gasteiger partial charge in [-0.2, -0.15) is 0 Å². The monoisotopic (exact) mass is 589 g/mol. The van der Waals surface area contributed by atoms with Crippen LogP contribution >= 0.6 is 0 Å². The van der Waals surface area contributed by atoms with Gasteiger partial charge in [0, 0.05) is 13.0 Å². The van der Waals surface area contributed by atoms with Crippen molar-refractivity contribution in [1.29, 1.82) is 0 Å². The smallest absolute Gasteiger partial charge is 0.326 e. The molecular weight excluding hydrogens is 546 g/mol. The molecule has 226 valence electrons. The maximum Gasteiger partial charge on any atom is 0.326 e. The second-order valence-corrected chi connectivity index (χ2v) is 13.2. The van der Waals surface area contributed by atoms with E-state index >= 15 is 0 Å². The van der Waals surface area contributed by atoms with Crippen molar-refractivity contribution in [1.82, 2.24) is 15.5 Å². The Morgan fingerprint density at radius 2 is 1.71 bits per heavy atom. The van der Waals surface area contributed by atoms with E-state index in [1.807, 2.05) is 49.3 Å². The van der Waals surface area contributed by atoms with Crippen molar-refractivity contribution in [2.45, 2.75) is 49.3 Å². The van der Waals surface area contributed by atoms with Gasteiger partial charge in [-0.3, -0.25) is 4.79 Å². The van der Waals surface area contributed by atoms with Crippen LogP contribution in [0, 0.1) is 0 Å². The van der Waals surface area contributed by atoms with E-state index in [1.54, 1.807) is 26.4 Å². The molecule has 0 aliphatic carbocycles. The molecule has 0 bridgehead atoms. The summed E-state index contributed by atoms with van der Waals surface area (Å²) in [4.78, 5) is 27.9. The lowest BCUT2D eigenvalue weighted by Crippen LogP contribution is -2.63. The molecule has 11 heteroatoms. The van der Waals surface area contributed by atoms with Crippen LogP contribution in [-0.2, 0) is 25.8 Å². The first-order chi connectivity index (χ1) is 19.5. The molecule has 2 aromatic rings. The van der Waals surface area contributed by atoms with E-state index < -0.39 is 32.5 Å². The Kier molecular flexibility index (Phi) is 11.6. The summed E-state index contributed by atoms with van der Waals surface area (Å²) in [6.07, 6.45) is 2.72. The van der Waals surface area contributed by atoms with Gasteiger partial charge >= 0.3 is 5.97 Å². The Morgan fingerprint density at radius 1 is 1.05 bits per heavy atom. The number of hydrogen-bond donors (Lipinski definition) is 3. The molecule has 0 radical (unpaired) electrons. The van der Waals surface area contributed by atoms with Crippen molar-refractivity contribution in [3.05, 3.63) is 48.0 Å². The highest BCUT2D eigenvalue weighted by atomic mass is 32.2. The lowest BCUT2D eigenvalue weighted by Gasteiger charge is -2.36. The molecule has 1 saturated heterocycles. The number of rotatable bonds is 15. The highest BCUT2D eigenvalue weighted by Crippen LogP contribution is 2.38. The Bertz CT molecular complexity index is 1250. The minimum Gasteiger partial charge on any atom is -0.496 e. The normalized spacial score (nSPS) is 18.1. The maximum absolute atomic E-state index is 13.6. The number of sulfone groups is 1. The summed E-state index contributed by atoms with van der Waals surface area (Å²) in [5.74, 6) is -0.813. The van der Waals surface area contributed by atoms with Crippen LogP contribution in [0.3, 0.4) is 0 Å². The van der Waals surface area contributed by atoms with E-state index in [-0.39, 0.29) is 25.1 Å². The van der Waals surface area contributed by atoms with Crippen LogP contribution in [-0.4, -0.2) is 94.8 Å². The lowest BCUT2D eigenvalue weighted by molar-refractivity contribution is -0.142. The number of benzene rings is 2. The van der Waals surface area contributed by atoms with Gasteiger partial charge in [0.15, 0.2) is 14.6 Å². The summed E-state index contributed by atoms with van der Waals surface area (Å²) < 4.78 is 36.4. The van der Waals surface area contributed by atoms with Crippen LogP contribution in [0.1, 0.15) is 37.7 Å². The number of aliphatic carboxylic acids is 1. The van der Waals surface area contributed by atoms with Gasteiger partial charge in [-0.15, -0.1) is 0 Å². The highest BCUT2D eigenvalue weighted by Gasteiger charge is 2.51. The number of nitrogens with one attached hydrogen (secondary N) is 2. The molecule has 0 saturated carbocycles. The third kappa shape index (κ3) is 7.99. The fourth-order valence-corrected chi connectivity index (χ4v) is 7.33. The number of carboxylic acid groups (broad SMARTS) is 1. The Morgan fingerprint density at radius 3 is 2.24 bits per heavy atom. The largest absolute Gasteiger partial charge is 0.496 e. The van der Waals surface area contributed by atoms with Gasteiger partial charge in [-0.25, -0.2) is 13.2 Å². The number of hydrogen-bond acceptors (Lipinski definition) is 8. The molecule has 2 aromatic carbocycles. The molecule has 1 unspecified atom stereocenters. The summed E-state index contributed by atoms with van der Waals surface area (Å²) in [5.41, 5.74) is 2.27. The van der Waals surface area contributed by atoms with Crippen LogP contribution in [0.2, 0.25) is 0 Å². The highest BCUT2D eigenvalue weighted by molar-refractivity contribution is 7.93. The predicted molar refractivity (Wildman–Crippen MR) is 159 cm³/mol. The van der Waals surface area contributed by atoms with Crippen LogP contribution in [0.15, 0.2) is 42.5 Å². The first-order valence-corrected chi connectivity index (χ1v) is 15.6. The quantitative estimate of drug-likeness (QED) is 0.268. The van der Waals surface area contributed by atoms with Gasteiger partial charge in [0.1, 0.15) is 17.5 Å². The van der Waals surface area contributed by atoms with Gasteiger partial charge in [-0.1, -0.05) is 36.8 Å². The van der Waals surface area contributed by atoms with Crippen molar-refractivity contribution < 1.29 is 32.6 Å². The second kappa shape index (κ2) is 14.7. The third-order valence-electron chi connectivity index (χ3n) is 7.59. The van der Waals surface area contributed by atoms with Crippen LogP contribution in [0.5, 0.6) is 11.5 Å². The number of methoxy groups -OCH3 is 2. The van der Waals surface area contributed by atoms with Crippen molar-refractivity contribution >= 4 is 21.7 Å². The lowest BCUT2D eigenvalue weighted by atomic mass is 9.96. The number of carbonyl (C=O) groups is 2. The Labute approximate surface area is 243 Å². The SMILES string of the molecule is COc1cccc(OC)c1-c1ccc(C[C@H](NC(=O)C2(S(=O)(=O)CCCCCN(C)C)CCCNC2)C(=O)O)cc1. The number of unbranched alkanes of at least 4 members (excludes halogenated alkanes) is 2. The molecule has 1 aliphatic rings.